The Balaban J connectivity index is 2.21. The number of aromatic nitrogens is 1. The van der Waals surface area contributed by atoms with Gasteiger partial charge < -0.3 is 20.2 Å². The molecule has 0 unspecified atom stereocenters. The van der Waals surface area contributed by atoms with E-state index < -0.39 is 11.9 Å². The van der Waals surface area contributed by atoms with E-state index in [0.29, 0.717) is 0 Å². The average Bonchev–Trinajstić information content (AvgIpc) is 2.74. The van der Waals surface area contributed by atoms with Gasteiger partial charge in [0.05, 0.1) is 5.56 Å². The number of nitrogen functional groups attached to an aromatic ring is 1. The number of oxazole rings is 1. The Morgan fingerprint density at radius 3 is 2.74 bits per heavy atom. The highest BCUT2D eigenvalue weighted by Gasteiger charge is 2.15. The van der Waals surface area contributed by atoms with Crippen LogP contribution in [0, 0.1) is 0 Å². The van der Waals surface area contributed by atoms with Crippen molar-refractivity contribution >= 4 is 23.7 Å². The molecular formula is C12H11N3O4. The first kappa shape index (κ1) is 12.6. The molecule has 3 N–H and O–H groups in total. The SMILES string of the molecule is CC(=O)Oc1ccccc1C(=O)Nc1coc(N)n1. The van der Waals surface area contributed by atoms with Crippen molar-refractivity contribution in [2.45, 2.75) is 6.92 Å². The Kier molecular flexibility index (Phi) is 3.46. The van der Waals surface area contributed by atoms with Crippen LogP contribution in [-0.2, 0) is 4.79 Å². The van der Waals surface area contributed by atoms with Crippen molar-refractivity contribution in [1.82, 2.24) is 4.98 Å². The summed E-state index contributed by atoms with van der Waals surface area (Å²) in [5, 5.41) is 2.48. The van der Waals surface area contributed by atoms with E-state index in [1.165, 1.54) is 25.3 Å². The minimum atomic E-state index is -0.508. The lowest BCUT2D eigenvalue weighted by atomic mass is 10.2. The van der Waals surface area contributed by atoms with E-state index in [-0.39, 0.29) is 23.1 Å². The van der Waals surface area contributed by atoms with Crippen LogP contribution in [0.5, 0.6) is 5.75 Å². The Morgan fingerprint density at radius 2 is 2.11 bits per heavy atom. The fourth-order valence-corrected chi connectivity index (χ4v) is 1.43. The van der Waals surface area contributed by atoms with Gasteiger partial charge in [-0.1, -0.05) is 12.1 Å². The molecule has 1 heterocycles. The minimum absolute atomic E-state index is 0.0522. The maximum absolute atomic E-state index is 12.0. The van der Waals surface area contributed by atoms with Gasteiger partial charge in [-0.05, 0) is 12.1 Å². The molecule has 19 heavy (non-hydrogen) atoms. The van der Waals surface area contributed by atoms with Gasteiger partial charge >= 0.3 is 5.97 Å². The zero-order chi connectivity index (χ0) is 13.8. The van der Waals surface area contributed by atoms with Crippen LogP contribution in [0.4, 0.5) is 11.8 Å². The summed E-state index contributed by atoms with van der Waals surface area (Å²) in [5.41, 5.74) is 5.50. The number of carbonyl (C=O) groups excluding carboxylic acids is 2. The number of rotatable bonds is 3. The Hall–Kier alpha value is -2.83. The minimum Gasteiger partial charge on any atom is -0.430 e. The number of benzene rings is 1. The van der Waals surface area contributed by atoms with E-state index in [1.807, 2.05) is 0 Å². The summed E-state index contributed by atoms with van der Waals surface area (Å²) in [7, 11) is 0. The molecule has 2 aromatic rings. The van der Waals surface area contributed by atoms with Crippen molar-refractivity contribution < 1.29 is 18.7 Å². The third-order valence-electron chi connectivity index (χ3n) is 2.15. The molecule has 1 aromatic carbocycles. The highest BCUT2D eigenvalue weighted by atomic mass is 16.5. The number of nitrogens with zero attached hydrogens (tertiary/aromatic N) is 1. The fourth-order valence-electron chi connectivity index (χ4n) is 1.43. The van der Waals surface area contributed by atoms with Gasteiger partial charge in [0.2, 0.25) is 0 Å². The lowest BCUT2D eigenvalue weighted by molar-refractivity contribution is -0.131. The van der Waals surface area contributed by atoms with Crippen LogP contribution in [0.15, 0.2) is 34.9 Å². The molecular weight excluding hydrogens is 250 g/mol. The van der Waals surface area contributed by atoms with Crippen LogP contribution in [-0.4, -0.2) is 16.9 Å². The predicted octanol–water partition coefficient (Wildman–Crippen LogP) is 1.43. The molecule has 1 aromatic heterocycles. The van der Waals surface area contributed by atoms with Crippen molar-refractivity contribution in [1.29, 1.82) is 0 Å². The largest absolute Gasteiger partial charge is 0.430 e. The number of para-hydroxylation sites is 1. The van der Waals surface area contributed by atoms with Crippen LogP contribution >= 0.6 is 0 Å². The highest BCUT2D eigenvalue weighted by molar-refractivity contribution is 6.06. The maximum atomic E-state index is 12.0. The average molecular weight is 261 g/mol. The van der Waals surface area contributed by atoms with Crippen molar-refractivity contribution in [3.8, 4) is 5.75 Å². The number of nitrogens with one attached hydrogen (secondary N) is 1. The molecule has 0 fully saturated rings. The zero-order valence-corrected chi connectivity index (χ0v) is 10.0. The second-order valence-corrected chi connectivity index (χ2v) is 3.61. The summed E-state index contributed by atoms with van der Waals surface area (Å²) in [4.78, 5) is 26.7. The molecule has 0 saturated carbocycles. The first-order valence-electron chi connectivity index (χ1n) is 5.36. The number of anilines is 2. The topological polar surface area (TPSA) is 107 Å². The van der Waals surface area contributed by atoms with Crippen LogP contribution in [0.3, 0.4) is 0 Å². The van der Waals surface area contributed by atoms with Gasteiger partial charge in [0.25, 0.3) is 11.9 Å². The molecule has 0 aliphatic rings. The molecule has 0 atom stereocenters. The number of hydrogen-bond acceptors (Lipinski definition) is 6. The standard InChI is InChI=1S/C12H11N3O4/c1-7(16)19-9-5-3-2-4-8(9)11(17)14-10-6-18-12(13)15-10/h2-6H,1H3,(H2,13,15)(H,14,17). The van der Waals surface area contributed by atoms with Crippen molar-refractivity contribution in [2.24, 2.45) is 0 Å². The molecule has 0 aliphatic carbocycles. The first-order chi connectivity index (χ1) is 9.06. The van der Waals surface area contributed by atoms with Gasteiger partial charge in [0, 0.05) is 6.92 Å². The van der Waals surface area contributed by atoms with E-state index >= 15 is 0 Å². The number of amides is 1. The van der Waals surface area contributed by atoms with E-state index in [0.717, 1.165) is 0 Å². The van der Waals surface area contributed by atoms with Crippen LogP contribution in [0.1, 0.15) is 17.3 Å². The molecule has 0 radical (unpaired) electrons. The molecule has 0 aliphatic heterocycles. The molecule has 0 bridgehead atoms. The van der Waals surface area contributed by atoms with Crippen molar-refractivity contribution in [3.63, 3.8) is 0 Å². The summed E-state index contributed by atoms with van der Waals surface area (Å²) >= 11 is 0. The normalized spacial score (nSPS) is 9.95. The number of esters is 1. The molecule has 7 nitrogen and oxygen atoms in total. The third kappa shape index (κ3) is 3.09. The van der Waals surface area contributed by atoms with Crippen LogP contribution < -0.4 is 15.8 Å². The summed E-state index contributed by atoms with van der Waals surface area (Å²) in [6.07, 6.45) is 1.21. The Bertz CT molecular complexity index is 621. The quantitative estimate of drug-likeness (QED) is 0.639. The summed E-state index contributed by atoms with van der Waals surface area (Å²) in [6, 6.07) is 6.30. The van der Waals surface area contributed by atoms with E-state index in [4.69, 9.17) is 14.9 Å². The van der Waals surface area contributed by atoms with Gasteiger partial charge in [-0.3, -0.25) is 9.59 Å². The Labute approximate surface area is 108 Å². The lowest BCUT2D eigenvalue weighted by Crippen LogP contribution is -2.15. The maximum Gasteiger partial charge on any atom is 0.308 e. The number of carbonyl (C=O) groups is 2. The number of nitrogens with two attached hydrogens (primary N) is 1. The summed E-state index contributed by atoms with van der Waals surface area (Å²) in [6.45, 7) is 1.26. The summed E-state index contributed by atoms with van der Waals surface area (Å²) < 4.78 is 9.70. The molecule has 0 spiro atoms. The third-order valence-corrected chi connectivity index (χ3v) is 2.15. The monoisotopic (exact) mass is 261 g/mol. The van der Waals surface area contributed by atoms with Gasteiger partial charge in [-0.25, -0.2) is 0 Å². The first-order valence-corrected chi connectivity index (χ1v) is 5.36. The number of hydrogen-bond donors (Lipinski definition) is 2. The molecule has 98 valence electrons. The van der Waals surface area contributed by atoms with Crippen LogP contribution in [0.25, 0.3) is 0 Å². The fraction of sp³-hybridized carbons (Fsp3) is 0.0833. The van der Waals surface area contributed by atoms with Crippen molar-refractivity contribution in [2.75, 3.05) is 11.1 Å². The zero-order valence-electron chi connectivity index (χ0n) is 10.0. The second-order valence-electron chi connectivity index (χ2n) is 3.61. The molecule has 2 rings (SSSR count). The molecule has 1 amide bonds. The molecule has 7 heteroatoms. The van der Waals surface area contributed by atoms with Crippen molar-refractivity contribution in [3.05, 3.63) is 36.1 Å². The van der Waals surface area contributed by atoms with Crippen LogP contribution in [0.2, 0.25) is 0 Å². The predicted molar refractivity (Wildman–Crippen MR) is 66.6 cm³/mol. The van der Waals surface area contributed by atoms with Gasteiger partial charge in [0.1, 0.15) is 12.0 Å². The smallest absolute Gasteiger partial charge is 0.308 e. The van der Waals surface area contributed by atoms with E-state index in [2.05, 4.69) is 10.3 Å². The second kappa shape index (κ2) is 5.21. The van der Waals surface area contributed by atoms with E-state index in [9.17, 15) is 9.59 Å². The highest BCUT2D eigenvalue weighted by Crippen LogP contribution is 2.20. The van der Waals surface area contributed by atoms with Gasteiger partial charge in [-0.2, -0.15) is 4.98 Å². The summed E-state index contributed by atoms with van der Waals surface area (Å²) in [5.74, 6) is -0.639. The Morgan fingerprint density at radius 1 is 1.37 bits per heavy atom. The number of ether oxygens (including phenoxy) is 1. The van der Waals surface area contributed by atoms with Gasteiger partial charge in [-0.15, -0.1) is 0 Å². The molecule has 0 saturated heterocycles. The lowest BCUT2D eigenvalue weighted by Gasteiger charge is -2.07. The van der Waals surface area contributed by atoms with Gasteiger partial charge in [0.15, 0.2) is 5.82 Å². The van der Waals surface area contributed by atoms with E-state index in [1.54, 1.807) is 12.1 Å².